The Morgan fingerprint density at radius 1 is 1.41 bits per heavy atom. The Bertz CT molecular complexity index is 385. The maximum Gasteiger partial charge on any atom is 0.246 e. The van der Waals surface area contributed by atoms with Crippen LogP contribution in [0.2, 0.25) is 0 Å². The third kappa shape index (κ3) is 4.28. The number of methoxy groups -OCH3 is 1. The van der Waals surface area contributed by atoms with Crippen LogP contribution in [0.3, 0.4) is 0 Å². The lowest BCUT2D eigenvalue weighted by Gasteiger charge is -2.12. The van der Waals surface area contributed by atoms with Crippen molar-refractivity contribution in [3.05, 3.63) is 35.9 Å². The van der Waals surface area contributed by atoms with Crippen LogP contribution in [-0.2, 0) is 4.79 Å². The molecule has 1 aromatic rings. The van der Waals surface area contributed by atoms with Gasteiger partial charge in [-0.15, -0.1) is 0 Å². The number of hydrogen-bond donors (Lipinski definition) is 1. The molecule has 0 aliphatic rings. The van der Waals surface area contributed by atoms with Crippen molar-refractivity contribution in [2.45, 2.75) is 0 Å². The SMILES string of the molecule is COc1ccc(C=CC(=O)N(C)CCN)cc1. The first kappa shape index (κ1) is 13.3. The largest absolute Gasteiger partial charge is 0.497 e. The Hall–Kier alpha value is -1.81. The molecule has 0 spiro atoms. The number of nitrogens with zero attached hydrogens (tertiary/aromatic N) is 1. The highest BCUT2D eigenvalue weighted by atomic mass is 16.5. The van der Waals surface area contributed by atoms with E-state index < -0.39 is 0 Å². The van der Waals surface area contributed by atoms with Gasteiger partial charge in [-0.1, -0.05) is 12.1 Å². The fraction of sp³-hybridized carbons (Fsp3) is 0.308. The van der Waals surface area contributed by atoms with Crippen LogP contribution in [0.25, 0.3) is 6.08 Å². The number of benzene rings is 1. The third-order valence-corrected chi connectivity index (χ3v) is 2.37. The number of carbonyl (C=O) groups excluding carboxylic acids is 1. The van der Waals surface area contributed by atoms with Gasteiger partial charge < -0.3 is 15.4 Å². The first-order valence-corrected chi connectivity index (χ1v) is 5.44. The van der Waals surface area contributed by atoms with E-state index in [-0.39, 0.29) is 5.91 Å². The van der Waals surface area contributed by atoms with E-state index in [4.69, 9.17) is 10.5 Å². The highest BCUT2D eigenvalue weighted by Crippen LogP contribution is 2.12. The van der Waals surface area contributed by atoms with Crippen molar-refractivity contribution in [2.24, 2.45) is 5.73 Å². The lowest BCUT2D eigenvalue weighted by atomic mass is 10.2. The van der Waals surface area contributed by atoms with E-state index >= 15 is 0 Å². The summed E-state index contributed by atoms with van der Waals surface area (Å²) in [6, 6.07) is 7.50. The molecule has 1 amide bonds. The zero-order chi connectivity index (χ0) is 12.7. The molecule has 0 aromatic heterocycles. The van der Waals surface area contributed by atoms with Gasteiger partial charge in [-0.2, -0.15) is 0 Å². The Morgan fingerprint density at radius 3 is 2.59 bits per heavy atom. The molecule has 0 bridgehead atoms. The fourth-order valence-corrected chi connectivity index (χ4v) is 1.31. The van der Waals surface area contributed by atoms with Crippen LogP contribution in [0.5, 0.6) is 5.75 Å². The standard InChI is InChI=1S/C13H18N2O2/c1-15(10-9-14)13(16)8-5-11-3-6-12(17-2)7-4-11/h3-8H,9-10,14H2,1-2H3. The lowest BCUT2D eigenvalue weighted by Crippen LogP contribution is -2.30. The van der Waals surface area contributed by atoms with Gasteiger partial charge in [-0.25, -0.2) is 0 Å². The molecule has 0 aliphatic carbocycles. The first-order chi connectivity index (χ1) is 8.17. The zero-order valence-electron chi connectivity index (χ0n) is 10.2. The summed E-state index contributed by atoms with van der Waals surface area (Å²) in [5.74, 6) is 0.750. The Kier molecular flexibility index (Phi) is 5.23. The van der Waals surface area contributed by atoms with Gasteiger partial charge in [0.1, 0.15) is 5.75 Å². The summed E-state index contributed by atoms with van der Waals surface area (Å²) in [7, 11) is 3.35. The summed E-state index contributed by atoms with van der Waals surface area (Å²) >= 11 is 0. The Labute approximate surface area is 102 Å². The molecule has 92 valence electrons. The minimum atomic E-state index is -0.0498. The molecule has 0 unspecified atom stereocenters. The van der Waals surface area contributed by atoms with Crippen LogP contribution < -0.4 is 10.5 Å². The molecule has 0 fully saturated rings. The number of hydrogen-bond acceptors (Lipinski definition) is 3. The van der Waals surface area contributed by atoms with Gasteiger partial charge in [0.2, 0.25) is 5.91 Å². The second kappa shape index (κ2) is 6.70. The monoisotopic (exact) mass is 234 g/mol. The van der Waals surface area contributed by atoms with E-state index in [9.17, 15) is 4.79 Å². The van der Waals surface area contributed by atoms with E-state index in [1.165, 1.54) is 6.08 Å². The molecule has 4 heteroatoms. The van der Waals surface area contributed by atoms with Crippen LogP contribution in [-0.4, -0.2) is 38.1 Å². The molecule has 1 rings (SSSR count). The molecule has 0 saturated heterocycles. The number of rotatable bonds is 5. The van der Waals surface area contributed by atoms with Gasteiger partial charge in [0.05, 0.1) is 7.11 Å². The quantitative estimate of drug-likeness (QED) is 0.777. The van der Waals surface area contributed by atoms with Crippen molar-refractivity contribution in [3.8, 4) is 5.75 Å². The van der Waals surface area contributed by atoms with Crippen LogP contribution >= 0.6 is 0 Å². The lowest BCUT2D eigenvalue weighted by molar-refractivity contribution is -0.124. The van der Waals surface area contributed by atoms with Crippen LogP contribution in [0.15, 0.2) is 30.3 Å². The van der Waals surface area contributed by atoms with Crippen LogP contribution in [0.1, 0.15) is 5.56 Å². The molecule has 17 heavy (non-hydrogen) atoms. The molecule has 0 atom stereocenters. The maximum atomic E-state index is 11.6. The molecule has 1 aromatic carbocycles. The topological polar surface area (TPSA) is 55.6 Å². The predicted octanol–water partition coefficient (Wildman–Crippen LogP) is 1.13. The summed E-state index contributed by atoms with van der Waals surface area (Å²) in [6.45, 7) is 1.03. The summed E-state index contributed by atoms with van der Waals surface area (Å²) < 4.78 is 5.05. The minimum Gasteiger partial charge on any atom is -0.497 e. The average Bonchev–Trinajstić information content (AvgIpc) is 2.36. The highest BCUT2D eigenvalue weighted by molar-refractivity contribution is 5.91. The van der Waals surface area contributed by atoms with Crippen LogP contribution in [0.4, 0.5) is 0 Å². The van der Waals surface area contributed by atoms with Crippen molar-refractivity contribution >= 4 is 12.0 Å². The van der Waals surface area contributed by atoms with Crippen molar-refractivity contribution < 1.29 is 9.53 Å². The van der Waals surface area contributed by atoms with E-state index in [1.807, 2.05) is 24.3 Å². The summed E-state index contributed by atoms with van der Waals surface area (Å²) in [6.07, 6.45) is 3.31. The molecule has 0 aliphatic heterocycles. The maximum absolute atomic E-state index is 11.6. The second-order valence-electron chi connectivity index (χ2n) is 3.65. The minimum absolute atomic E-state index is 0.0498. The van der Waals surface area contributed by atoms with Gasteiger partial charge in [-0.3, -0.25) is 4.79 Å². The molecule has 0 saturated carbocycles. The third-order valence-electron chi connectivity index (χ3n) is 2.37. The normalized spacial score (nSPS) is 10.5. The fourth-order valence-electron chi connectivity index (χ4n) is 1.31. The van der Waals surface area contributed by atoms with Gasteiger partial charge in [-0.05, 0) is 23.8 Å². The molecule has 2 N–H and O–H groups in total. The van der Waals surface area contributed by atoms with Crippen LogP contribution in [0, 0.1) is 0 Å². The average molecular weight is 234 g/mol. The summed E-state index contributed by atoms with van der Waals surface area (Å²) in [5, 5.41) is 0. The Balaban J connectivity index is 2.60. The Morgan fingerprint density at radius 2 is 2.06 bits per heavy atom. The number of nitrogens with two attached hydrogens (primary N) is 1. The van der Waals surface area contributed by atoms with Crippen molar-refractivity contribution in [1.82, 2.24) is 4.90 Å². The molecular formula is C13H18N2O2. The van der Waals surface area contributed by atoms with E-state index in [0.717, 1.165) is 11.3 Å². The van der Waals surface area contributed by atoms with Gasteiger partial charge in [0.15, 0.2) is 0 Å². The molecular weight excluding hydrogens is 216 g/mol. The predicted molar refractivity (Wildman–Crippen MR) is 68.7 cm³/mol. The second-order valence-corrected chi connectivity index (χ2v) is 3.65. The molecule has 4 nitrogen and oxygen atoms in total. The number of ether oxygens (including phenoxy) is 1. The molecule has 0 heterocycles. The van der Waals surface area contributed by atoms with E-state index in [2.05, 4.69) is 0 Å². The van der Waals surface area contributed by atoms with Crippen molar-refractivity contribution in [2.75, 3.05) is 27.2 Å². The van der Waals surface area contributed by atoms with Gasteiger partial charge in [0.25, 0.3) is 0 Å². The van der Waals surface area contributed by atoms with Gasteiger partial charge in [0, 0.05) is 26.2 Å². The number of likely N-dealkylation sites (N-methyl/N-ethyl adjacent to an activating group) is 1. The summed E-state index contributed by atoms with van der Waals surface area (Å²) in [4.78, 5) is 13.2. The zero-order valence-corrected chi connectivity index (χ0v) is 10.2. The molecule has 0 radical (unpaired) electrons. The van der Waals surface area contributed by atoms with Gasteiger partial charge >= 0.3 is 0 Å². The number of amides is 1. The van der Waals surface area contributed by atoms with E-state index in [0.29, 0.717) is 13.1 Å². The first-order valence-electron chi connectivity index (χ1n) is 5.44. The van der Waals surface area contributed by atoms with E-state index in [1.54, 1.807) is 25.1 Å². The number of carbonyl (C=O) groups is 1. The van der Waals surface area contributed by atoms with Crippen molar-refractivity contribution in [3.63, 3.8) is 0 Å². The van der Waals surface area contributed by atoms with Crippen molar-refractivity contribution in [1.29, 1.82) is 0 Å². The highest BCUT2D eigenvalue weighted by Gasteiger charge is 2.02. The summed E-state index contributed by atoms with van der Waals surface area (Å²) in [5.41, 5.74) is 6.33. The smallest absolute Gasteiger partial charge is 0.246 e.